The van der Waals surface area contributed by atoms with E-state index in [-0.39, 0.29) is 0 Å². The smallest absolute Gasteiger partial charge is 0.0762 e. The lowest BCUT2D eigenvalue weighted by molar-refractivity contribution is 0.121. The first-order chi connectivity index (χ1) is 9.31. The molecule has 4 heteroatoms. The van der Waals surface area contributed by atoms with Crippen molar-refractivity contribution in [1.82, 2.24) is 4.98 Å². The second-order valence-electron chi connectivity index (χ2n) is 4.88. The second kappa shape index (κ2) is 5.35. The number of hydrogen-bond donors (Lipinski definition) is 0. The zero-order chi connectivity index (χ0) is 13.2. The molecule has 1 aliphatic heterocycles. The van der Waals surface area contributed by atoms with Crippen LogP contribution in [0.4, 0.5) is 5.69 Å². The molecule has 0 aliphatic carbocycles. The summed E-state index contributed by atoms with van der Waals surface area (Å²) < 4.78 is 5.45. The number of alkyl halides is 1. The molecule has 1 saturated heterocycles. The fraction of sp³-hybridized carbons (Fsp3) is 0.400. The number of nitrogens with zero attached hydrogens (tertiary/aromatic N) is 2. The van der Waals surface area contributed by atoms with Crippen LogP contribution < -0.4 is 4.90 Å². The van der Waals surface area contributed by atoms with Gasteiger partial charge in [-0.3, -0.25) is 4.98 Å². The first-order valence-electron chi connectivity index (χ1n) is 6.54. The average molecular weight is 277 g/mol. The molecule has 3 nitrogen and oxygen atoms in total. The summed E-state index contributed by atoms with van der Waals surface area (Å²) in [5, 5.41) is 1.19. The van der Waals surface area contributed by atoms with Crippen LogP contribution in [-0.2, 0) is 10.6 Å². The Kier molecular flexibility index (Phi) is 3.58. The Hall–Kier alpha value is -1.32. The molecule has 0 saturated carbocycles. The van der Waals surface area contributed by atoms with E-state index >= 15 is 0 Å². The van der Waals surface area contributed by atoms with Crippen LogP contribution in [0.5, 0.6) is 0 Å². The molecule has 0 radical (unpaired) electrons. The van der Waals surface area contributed by atoms with E-state index in [9.17, 15) is 0 Å². The van der Waals surface area contributed by atoms with Gasteiger partial charge in [-0.15, -0.1) is 11.6 Å². The van der Waals surface area contributed by atoms with E-state index in [0.29, 0.717) is 12.0 Å². The minimum atomic E-state index is 0.325. The fourth-order valence-electron chi connectivity index (χ4n) is 2.68. The molecule has 1 atom stereocenters. The van der Waals surface area contributed by atoms with Crippen LogP contribution in [0.1, 0.15) is 12.1 Å². The molecule has 19 heavy (non-hydrogen) atoms. The van der Waals surface area contributed by atoms with Crippen LogP contribution in [0.3, 0.4) is 0 Å². The Morgan fingerprint density at radius 3 is 3.00 bits per heavy atom. The maximum Gasteiger partial charge on any atom is 0.0762 e. The van der Waals surface area contributed by atoms with Crippen LogP contribution >= 0.6 is 11.6 Å². The number of anilines is 1. The molecule has 1 unspecified atom stereocenters. The van der Waals surface area contributed by atoms with Crippen molar-refractivity contribution in [2.45, 2.75) is 18.4 Å². The van der Waals surface area contributed by atoms with E-state index in [4.69, 9.17) is 16.3 Å². The van der Waals surface area contributed by atoms with Crippen molar-refractivity contribution < 1.29 is 4.74 Å². The Morgan fingerprint density at radius 1 is 1.42 bits per heavy atom. The number of pyridine rings is 1. The van der Waals surface area contributed by atoms with E-state index in [0.717, 1.165) is 30.7 Å². The van der Waals surface area contributed by atoms with Gasteiger partial charge in [-0.1, -0.05) is 18.2 Å². The summed E-state index contributed by atoms with van der Waals surface area (Å²) >= 11 is 5.96. The van der Waals surface area contributed by atoms with Gasteiger partial charge in [0.25, 0.3) is 0 Å². The first-order valence-corrected chi connectivity index (χ1v) is 7.07. The largest absolute Gasteiger partial charge is 0.380 e. The second-order valence-corrected chi connectivity index (χ2v) is 5.14. The van der Waals surface area contributed by atoms with Crippen molar-refractivity contribution in [3.63, 3.8) is 0 Å². The number of ether oxygens (including phenoxy) is 1. The zero-order valence-electron chi connectivity index (χ0n) is 11.0. The molecule has 0 bridgehead atoms. The van der Waals surface area contributed by atoms with Crippen molar-refractivity contribution >= 4 is 28.2 Å². The van der Waals surface area contributed by atoms with Gasteiger partial charge < -0.3 is 9.64 Å². The van der Waals surface area contributed by atoms with E-state index in [1.807, 2.05) is 12.1 Å². The monoisotopic (exact) mass is 276 g/mol. The maximum absolute atomic E-state index is 5.96. The summed E-state index contributed by atoms with van der Waals surface area (Å²) in [5.74, 6) is 0.444. The van der Waals surface area contributed by atoms with E-state index in [1.54, 1.807) is 7.11 Å². The van der Waals surface area contributed by atoms with E-state index < -0.39 is 0 Å². The maximum atomic E-state index is 5.96. The molecular formula is C15H17ClN2O. The molecule has 1 fully saturated rings. The minimum Gasteiger partial charge on any atom is -0.380 e. The Morgan fingerprint density at radius 2 is 2.26 bits per heavy atom. The normalized spacial score (nSPS) is 19.3. The number of halogens is 1. The molecule has 1 aromatic carbocycles. The lowest BCUT2D eigenvalue weighted by atomic mass is 10.1. The van der Waals surface area contributed by atoms with Gasteiger partial charge in [0.05, 0.1) is 23.2 Å². The van der Waals surface area contributed by atoms with Crippen LogP contribution in [0.2, 0.25) is 0 Å². The van der Waals surface area contributed by atoms with Gasteiger partial charge in [0.1, 0.15) is 0 Å². The van der Waals surface area contributed by atoms with Gasteiger partial charge in [-0.05, 0) is 18.6 Å². The third-order valence-corrected chi connectivity index (χ3v) is 3.98. The zero-order valence-corrected chi connectivity index (χ0v) is 11.7. The Balaban J connectivity index is 2.06. The highest BCUT2D eigenvalue weighted by molar-refractivity contribution is 6.17. The molecular weight excluding hydrogens is 260 g/mol. The van der Waals surface area contributed by atoms with Gasteiger partial charge in [-0.25, -0.2) is 0 Å². The lowest BCUT2D eigenvalue weighted by Crippen LogP contribution is -2.22. The molecule has 1 aromatic heterocycles. The third-order valence-electron chi connectivity index (χ3n) is 3.70. The summed E-state index contributed by atoms with van der Waals surface area (Å²) in [6.45, 7) is 1.96. The van der Waals surface area contributed by atoms with Gasteiger partial charge >= 0.3 is 0 Å². The number of fused-ring (bicyclic) bond motifs is 1. The predicted molar refractivity (Wildman–Crippen MR) is 78.9 cm³/mol. The Bertz CT molecular complexity index is 587. The summed E-state index contributed by atoms with van der Waals surface area (Å²) in [7, 11) is 1.78. The fourth-order valence-corrected chi connectivity index (χ4v) is 2.82. The SMILES string of the molecule is COC1CCN(c2cc(CCl)nc3ccccc23)C1. The molecule has 2 heterocycles. The highest BCUT2D eigenvalue weighted by Crippen LogP contribution is 2.30. The van der Waals surface area contributed by atoms with Crippen molar-refractivity contribution in [2.24, 2.45) is 0 Å². The summed E-state index contributed by atoms with van der Waals surface area (Å²) in [5.41, 5.74) is 3.16. The quantitative estimate of drug-likeness (QED) is 0.805. The van der Waals surface area contributed by atoms with Crippen molar-refractivity contribution in [2.75, 3.05) is 25.1 Å². The molecule has 0 spiro atoms. The van der Waals surface area contributed by atoms with Gasteiger partial charge in [0, 0.05) is 31.3 Å². The van der Waals surface area contributed by atoms with Gasteiger partial charge in [0.15, 0.2) is 0 Å². The molecule has 3 rings (SSSR count). The molecule has 0 N–H and O–H groups in total. The minimum absolute atomic E-state index is 0.325. The van der Waals surface area contributed by atoms with Crippen LogP contribution in [0.25, 0.3) is 10.9 Å². The van der Waals surface area contributed by atoms with Crippen LogP contribution in [-0.4, -0.2) is 31.3 Å². The van der Waals surface area contributed by atoms with E-state index in [2.05, 4.69) is 28.1 Å². The molecule has 2 aromatic rings. The topological polar surface area (TPSA) is 25.4 Å². The highest BCUT2D eigenvalue weighted by Gasteiger charge is 2.23. The third kappa shape index (κ3) is 2.40. The molecule has 100 valence electrons. The molecule has 0 amide bonds. The van der Waals surface area contributed by atoms with Crippen LogP contribution in [0, 0.1) is 0 Å². The average Bonchev–Trinajstić information content (AvgIpc) is 2.94. The number of para-hydroxylation sites is 1. The Labute approximate surface area is 118 Å². The molecule has 1 aliphatic rings. The van der Waals surface area contributed by atoms with Crippen molar-refractivity contribution in [3.8, 4) is 0 Å². The van der Waals surface area contributed by atoms with Gasteiger partial charge in [0.2, 0.25) is 0 Å². The predicted octanol–water partition coefficient (Wildman–Crippen LogP) is 3.20. The van der Waals surface area contributed by atoms with Crippen molar-refractivity contribution in [3.05, 3.63) is 36.0 Å². The summed E-state index contributed by atoms with van der Waals surface area (Å²) in [6.07, 6.45) is 1.40. The number of aromatic nitrogens is 1. The van der Waals surface area contributed by atoms with Crippen LogP contribution in [0.15, 0.2) is 30.3 Å². The first kappa shape index (κ1) is 12.7. The summed E-state index contributed by atoms with van der Waals surface area (Å²) in [6, 6.07) is 10.3. The van der Waals surface area contributed by atoms with E-state index in [1.165, 1.54) is 11.1 Å². The number of rotatable bonds is 3. The summed E-state index contributed by atoms with van der Waals surface area (Å²) in [4.78, 5) is 6.94. The number of benzene rings is 1. The van der Waals surface area contributed by atoms with Crippen molar-refractivity contribution in [1.29, 1.82) is 0 Å². The standard InChI is InChI=1S/C15H17ClN2O/c1-19-12-6-7-18(10-12)15-8-11(9-16)17-14-5-3-2-4-13(14)15/h2-5,8,12H,6-7,9-10H2,1H3. The number of hydrogen-bond acceptors (Lipinski definition) is 3. The highest BCUT2D eigenvalue weighted by atomic mass is 35.5. The number of methoxy groups -OCH3 is 1. The van der Waals surface area contributed by atoms with Gasteiger partial charge in [-0.2, -0.15) is 0 Å². The lowest BCUT2D eigenvalue weighted by Gasteiger charge is -2.21.